The van der Waals surface area contributed by atoms with Crippen molar-refractivity contribution < 1.29 is 45.8 Å². The fraction of sp³-hybridized carbons (Fsp3) is 0.588. The van der Waals surface area contributed by atoms with Crippen LogP contribution in [0.25, 0.3) is 0 Å². The first-order chi connectivity index (χ1) is 25.0. The van der Waals surface area contributed by atoms with E-state index in [0.717, 1.165) is 12.1 Å². The summed E-state index contributed by atoms with van der Waals surface area (Å²) in [5, 5.41) is 24.4. The largest absolute Gasteiger partial charge is 0.480 e. The number of piperidine rings is 1. The van der Waals surface area contributed by atoms with Crippen LogP contribution < -0.4 is 31.5 Å². The zero-order valence-electron chi connectivity index (χ0n) is 29.0. The van der Waals surface area contributed by atoms with Crippen molar-refractivity contribution in [3.8, 4) is 0 Å². The number of nitrogens with one attached hydrogen (secondary N) is 4. The van der Waals surface area contributed by atoms with Gasteiger partial charge in [-0.25, -0.2) is 14.8 Å². The van der Waals surface area contributed by atoms with Crippen molar-refractivity contribution in [2.75, 3.05) is 42.5 Å². The van der Waals surface area contributed by atoms with Crippen LogP contribution in [0.1, 0.15) is 74.7 Å². The third-order valence-corrected chi connectivity index (χ3v) is 9.37. The normalized spacial score (nSPS) is 17.4. The SMILES string of the molecule is N=C(N)NCCC[C@H](NC(=O)CCCC1CCN(c2cc(N3CCC[C@H]3C(=O)NCCc3ccc(C(F)(F)F)cc3)nc(C(F)(F)F)n2)CC1)C(=O)O. The maximum atomic E-state index is 14.0. The molecule has 7 N–H and O–H groups in total. The number of halogens is 6. The number of carboxylic acids is 1. The molecule has 2 amide bonds. The van der Waals surface area contributed by atoms with Gasteiger partial charge in [0.25, 0.3) is 0 Å². The van der Waals surface area contributed by atoms with E-state index in [9.17, 15) is 45.8 Å². The van der Waals surface area contributed by atoms with Crippen LogP contribution in [0.2, 0.25) is 0 Å². The molecule has 0 saturated carbocycles. The number of carbonyl (C=O) groups is 3. The van der Waals surface area contributed by atoms with E-state index in [1.165, 1.54) is 23.1 Å². The number of aliphatic carboxylic acids is 1. The lowest BCUT2D eigenvalue weighted by Crippen LogP contribution is -2.44. The van der Waals surface area contributed by atoms with Gasteiger partial charge in [-0.2, -0.15) is 26.3 Å². The second kappa shape index (κ2) is 18.3. The fourth-order valence-electron chi connectivity index (χ4n) is 6.53. The Morgan fingerprint density at radius 1 is 0.925 bits per heavy atom. The minimum absolute atomic E-state index is 0.0226. The van der Waals surface area contributed by atoms with E-state index < -0.39 is 53.6 Å². The summed E-state index contributed by atoms with van der Waals surface area (Å²) in [5.41, 5.74) is 5.01. The summed E-state index contributed by atoms with van der Waals surface area (Å²) in [6.45, 7) is 1.55. The van der Waals surface area contributed by atoms with Gasteiger partial charge in [0.2, 0.25) is 17.6 Å². The number of nitrogens with zero attached hydrogens (tertiary/aromatic N) is 4. The monoisotopic (exact) mass is 757 g/mol. The van der Waals surface area contributed by atoms with Crippen LogP contribution in [0.5, 0.6) is 0 Å². The van der Waals surface area contributed by atoms with Gasteiger partial charge in [0.05, 0.1) is 5.56 Å². The second-order valence-corrected chi connectivity index (χ2v) is 13.3. The van der Waals surface area contributed by atoms with Crippen molar-refractivity contribution in [2.24, 2.45) is 11.7 Å². The summed E-state index contributed by atoms with van der Waals surface area (Å²) in [7, 11) is 0. The molecule has 2 fully saturated rings. The summed E-state index contributed by atoms with van der Waals surface area (Å²) < 4.78 is 80.5. The smallest absolute Gasteiger partial charge is 0.451 e. The predicted molar refractivity (Wildman–Crippen MR) is 183 cm³/mol. The number of hydrogen-bond donors (Lipinski definition) is 6. The van der Waals surface area contributed by atoms with Crippen LogP contribution >= 0.6 is 0 Å². The number of nitrogens with two attached hydrogens (primary N) is 1. The number of aromatic nitrogens is 2. The molecule has 2 aliphatic heterocycles. The molecule has 2 aromatic rings. The van der Waals surface area contributed by atoms with Crippen LogP contribution in [-0.4, -0.2) is 83.6 Å². The maximum absolute atomic E-state index is 14.0. The highest BCUT2D eigenvalue weighted by Crippen LogP contribution is 2.34. The van der Waals surface area contributed by atoms with Gasteiger partial charge >= 0.3 is 18.3 Å². The number of carboxylic acid groups (broad SMARTS) is 1. The van der Waals surface area contributed by atoms with Gasteiger partial charge in [-0.05, 0) is 81.4 Å². The molecule has 3 heterocycles. The lowest BCUT2D eigenvalue weighted by Gasteiger charge is -2.34. The molecule has 0 radical (unpaired) electrons. The zero-order chi connectivity index (χ0) is 38.8. The summed E-state index contributed by atoms with van der Waals surface area (Å²) in [6.07, 6.45) is -4.98. The average Bonchev–Trinajstić information content (AvgIpc) is 3.59. The first kappa shape index (κ1) is 40.9. The van der Waals surface area contributed by atoms with Crippen LogP contribution in [0.3, 0.4) is 0 Å². The van der Waals surface area contributed by atoms with E-state index in [4.69, 9.17) is 11.1 Å². The van der Waals surface area contributed by atoms with E-state index in [-0.39, 0.29) is 49.3 Å². The number of benzene rings is 1. The van der Waals surface area contributed by atoms with Crippen molar-refractivity contribution in [3.05, 3.63) is 47.3 Å². The molecule has 4 rings (SSSR count). The van der Waals surface area contributed by atoms with Crippen LogP contribution in [0, 0.1) is 11.3 Å². The number of rotatable bonds is 16. The highest BCUT2D eigenvalue weighted by molar-refractivity contribution is 5.86. The quantitative estimate of drug-likeness (QED) is 0.0631. The third-order valence-electron chi connectivity index (χ3n) is 9.37. The second-order valence-electron chi connectivity index (χ2n) is 13.3. The summed E-state index contributed by atoms with van der Waals surface area (Å²) >= 11 is 0. The highest BCUT2D eigenvalue weighted by Gasteiger charge is 2.39. The van der Waals surface area contributed by atoms with Crippen molar-refractivity contribution in [2.45, 2.75) is 88.6 Å². The molecule has 0 bridgehead atoms. The molecule has 1 aromatic carbocycles. The molecular formula is C34H45F6N9O4. The minimum Gasteiger partial charge on any atom is -0.480 e. The number of amides is 2. The van der Waals surface area contributed by atoms with Crippen molar-refractivity contribution in [1.29, 1.82) is 5.41 Å². The van der Waals surface area contributed by atoms with E-state index in [2.05, 4.69) is 25.9 Å². The average molecular weight is 758 g/mol. The number of hydrogen-bond acceptors (Lipinski definition) is 8. The van der Waals surface area contributed by atoms with Gasteiger partial charge < -0.3 is 36.6 Å². The number of anilines is 2. The van der Waals surface area contributed by atoms with Gasteiger partial charge in [0.1, 0.15) is 23.7 Å². The Bertz CT molecular complexity index is 1570. The molecular weight excluding hydrogens is 712 g/mol. The van der Waals surface area contributed by atoms with Crippen molar-refractivity contribution >= 4 is 35.4 Å². The van der Waals surface area contributed by atoms with Crippen LogP contribution in [0.15, 0.2) is 30.3 Å². The molecule has 2 saturated heterocycles. The molecule has 2 aliphatic rings. The molecule has 2 atom stereocenters. The minimum atomic E-state index is -4.84. The lowest BCUT2D eigenvalue weighted by atomic mass is 9.91. The first-order valence-corrected chi connectivity index (χ1v) is 17.5. The molecule has 0 spiro atoms. The van der Waals surface area contributed by atoms with E-state index >= 15 is 0 Å². The van der Waals surface area contributed by atoms with E-state index in [1.807, 2.05) is 0 Å². The van der Waals surface area contributed by atoms with Crippen molar-refractivity contribution in [1.82, 2.24) is 25.9 Å². The highest BCUT2D eigenvalue weighted by atomic mass is 19.4. The Morgan fingerprint density at radius 2 is 1.60 bits per heavy atom. The molecule has 13 nitrogen and oxygen atoms in total. The lowest BCUT2D eigenvalue weighted by molar-refractivity contribution is -0.145. The standard InChI is InChI=1S/C34H45F6N9O4/c35-33(36,37)23-10-8-22(9-11-23)12-16-43-29(51)25-6-3-17-49(25)27-20-26(46-31(47-27)34(38,39)40)48-18-13-21(14-19-48)4-1-7-28(50)45-24(30(52)53)5-2-15-44-32(41)42/h8-11,20-21,24-25H,1-7,12-19H2,(H,43,51)(H,45,50)(H,52,53)(H4,41,42,44)/t24-,25-/m0/s1. The Morgan fingerprint density at radius 3 is 2.23 bits per heavy atom. The maximum Gasteiger partial charge on any atom is 0.451 e. The number of guanidine groups is 1. The van der Waals surface area contributed by atoms with Gasteiger partial charge in [0.15, 0.2) is 5.96 Å². The van der Waals surface area contributed by atoms with Crippen LogP contribution in [-0.2, 0) is 33.2 Å². The van der Waals surface area contributed by atoms with E-state index in [1.54, 1.807) is 4.90 Å². The van der Waals surface area contributed by atoms with Gasteiger partial charge in [-0.1, -0.05) is 12.1 Å². The van der Waals surface area contributed by atoms with Gasteiger partial charge in [-0.3, -0.25) is 15.0 Å². The summed E-state index contributed by atoms with van der Waals surface area (Å²) in [4.78, 5) is 48.0. The third kappa shape index (κ3) is 12.4. The summed E-state index contributed by atoms with van der Waals surface area (Å²) in [6, 6.07) is 4.21. The Hall–Kier alpha value is -4.84. The zero-order valence-corrected chi connectivity index (χ0v) is 29.0. The topological polar surface area (TPSA) is 190 Å². The Kier molecular flexibility index (Phi) is 14.1. The summed E-state index contributed by atoms with van der Waals surface area (Å²) in [5.74, 6) is -3.25. The van der Waals surface area contributed by atoms with Gasteiger partial charge in [-0.15, -0.1) is 0 Å². The molecule has 1 aromatic heterocycles. The number of alkyl halides is 6. The van der Waals surface area contributed by atoms with Crippen molar-refractivity contribution in [3.63, 3.8) is 0 Å². The molecule has 0 unspecified atom stereocenters. The molecule has 19 heteroatoms. The van der Waals surface area contributed by atoms with E-state index in [0.29, 0.717) is 76.7 Å². The fourth-order valence-corrected chi connectivity index (χ4v) is 6.53. The molecule has 0 aliphatic carbocycles. The predicted octanol–water partition coefficient (Wildman–Crippen LogP) is 4.06. The Balaban J connectivity index is 1.29. The number of carbonyl (C=O) groups excluding carboxylic acids is 2. The molecule has 292 valence electrons. The molecule has 53 heavy (non-hydrogen) atoms. The van der Waals surface area contributed by atoms with Gasteiger partial charge in [0, 0.05) is 45.2 Å². The van der Waals surface area contributed by atoms with Crippen LogP contribution in [0.4, 0.5) is 38.0 Å². The first-order valence-electron chi connectivity index (χ1n) is 17.5. The Labute approximate surface area is 302 Å².